The molecular formula is C16H17ClO3. The van der Waals surface area contributed by atoms with Gasteiger partial charge >= 0.3 is 0 Å². The van der Waals surface area contributed by atoms with Crippen molar-refractivity contribution < 1.29 is 14.6 Å². The number of halogens is 1. The molecule has 20 heavy (non-hydrogen) atoms. The van der Waals surface area contributed by atoms with Crippen molar-refractivity contribution in [3.05, 3.63) is 58.6 Å². The van der Waals surface area contributed by atoms with Crippen molar-refractivity contribution >= 4 is 11.6 Å². The van der Waals surface area contributed by atoms with Gasteiger partial charge in [-0.25, -0.2) is 0 Å². The van der Waals surface area contributed by atoms with Crippen LogP contribution in [-0.2, 0) is 0 Å². The van der Waals surface area contributed by atoms with Crippen LogP contribution in [0.3, 0.4) is 0 Å². The Morgan fingerprint density at radius 1 is 1.20 bits per heavy atom. The van der Waals surface area contributed by atoms with Crippen LogP contribution in [0, 0.1) is 6.92 Å². The van der Waals surface area contributed by atoms with Crippen molar-refractivity contribution in [1.82, 2.24) is 0 Å². The highest BCUT2D eigenvalue weighted by Gasteiger charge is 2.10. The van der Waals surface area contributed by atoms with E-state index in [1.807, 2.05) is 37.3 Å². The van der Waals surface area contributed by atoms with Crippen LogP contribution in [0.15, 0.2) is 42.5 Å². The number of aliphatic hydroxyl groups excluding tert-OH is 1. The topological polar surface area (TPSA) is 38.7 Å². The van der Waals surface area contributed by atoms with E-state index in [0.29, 0.717) is 16.5 Å². The lowest BCUT2D eigenvalue weighted by Crippen LogP contribution is -2.10. The molecule has 0 aliphatic rings. The molecule has 0 amide bonds. The molecular weight excluding hydrogens is 276 g/mol. The molecule has 0 fully saturated rings. The van der Waals surface area contributed by atoms with Crippen molar-refractivity contribution in [1.29, 1.82) is 0 Å². The van der Waals surface area contributed by atoms with Crippen molar-refractivity contribution in [2.45, 2.75) is 13.0 Å². The average molecular weight is 293 g/mol. The van der Waals surface area contributed by atoms with Gasteiger partial charge in [0.25, 0.3) is 0 Å². The minimum Gasteiger partial charge on any atom is -0.497 e. The zero-order valence-corrected chi connectivity index (χ0v) is 12.2. The summed E-state index contributed by atoms with van der Waals surface area (Å²) in [6.07, 6.45) is -0.734. The van der Waals surface area contributed by atoms with E-state index in [1.54, 1.807) is 19.2 Å². The Morgan fingerprint density at radius 2 is 2.00 bits per heavy atom. The van der Waals surface area contributed by atoms with Crippen LogP contribution in [0.5, 0.6) is 11.5 Å². The van der Waals surface area contributed by atoms with Gasteiger partial charge in [0.15, 0.2) is 0 Å². The standard InChI is InChI=1S/C16H17ClO3/c1-11-6-7-16(14(17)8-11)20-10-15(18)12-4-3-5-13(9-12)19-2/h3-9,15,18H,10H2,1-2H3. The number of methoxy groups -OCH3 is 1. The van der Waals surface area contributed by atoms with Crippen LogP contribution in [-0.4, -0.2) is 18.8 Å². The highest BCUT2D eigenvalue weighted by Crippen LogP contribution is 2.27. The molecule has 0 saturated carbocycles. The SMILES string of the molecule is COc1cccc(C(O)COc2ccc(C)cc2Cl)c1. The number of ether oxygens (including phenoxy) is 2. The summed E-state index contributed by atoms with van der Waals surface area (Å²) in [4.78, 5) is 0. The fourth-order valence-electron chi connectivity index (χ4n) is 1.84. The Hall–Kier alpha value is -1.71. The van der Waals surface area contributed by atoms with Crippen LogP contribution in [0.25, 0.3) is 0 Å². The summed E-state index contributed by atoms with van der Waals surface area (Å²) in [5, 5.41) is 10.7. The number of hydrogen-bond acceptors (Lipinski definition) is 3. The smallest absolute Gasteiger partial charge is 0.138 e. The Labute approximate surface area is 123 Å². The predicted octanol–water partition coefficient (Wildman–Crippen LogP) is 3.77. The second-order valence-corrected chi connectivity index (χ2v) is 4.94. The molecule has 0 heterocycles. The van der Waals surface area contributed by atoms with Gasteiger partial charge in [-0.15, -0.1) is 0 Å². The molecule has 1 N–H and O–H groups in total. The maximum Gasteiger partial charge on any atom is 0.138 e. The molecule has 0 radical (unpaired) electrons. The van der Waals surface area contributed by atoms with Crippen LogP contribution >= 0.6 is 11.6 Å². The molecule has 0 saturated heterocycles. The summed E-state index contributed by atoms with van der Waals surface area (Å²) < 4.78 is 10.7. The van der Waals surface area contributed by atoms with Crippen molar-refractivity contribution in [3.63, 3.8) is 0 Å². The Morgan fingerprint density at radius 3 is 2.70 bits per heavy atom. The number of rotatable bonds is 5. The lowest BCUT2D eigenvalue weighted by atomic mass is 10.1. The van der Waals surface area contributed by atoms with Crippen molar-refractivity contribution in [2.24, 2.45) is 0 Å². The molecule has 2 rings (SSSR count). The fraction of sp³-hybridized carbons (Fsp3) is 0.250. The molecule has 0 spiro atoms. The molecule has 1 atom stereocenters. The number of aliphatic hydroxyl groups is 1. The van der Waals surface area contributed by atoms with Crippen LogP contribution < -0.4 is 9.47 Å². The maximum atomic E-state index is 10.1. The monoisotopic (exact) mass is 292 g/mol. The van der Waals surface area contributed by atoms with Crippen LogP contribution in [0.4, 0.5) is 0 Å². The first-order valence-corrected chi connectivity index (χ1v) is 6.69. The van der Waals surface area contributed by atoms with E-state index < -0.39 is 6.10 Å². The van der Waals surface area contributed by atoms with Crippen molar-refractivity contribution in [2.75, 3.05) is 13.7 Å². The zero-order chi connectivity index (χ0) is 14.5. The minimum atomic E-state index is -0.734. The second kappa shape index (κ2) is 6.64. The van der Waals surface area contributed by atoms with Gasteiger partial charge in [0.05, 0.1) is 12.1 Å². The Kier molecular flexibility index (Phi) is 4.88. The van der Waals surface area contributed by atoms with Crippen LogP contribution in [0.1, 0.15) is 17.2 Å². The zero-order valence-electron chi connectivity index (χ0n) is 11.5. The van der Waals surface area contributed by atoms with Gasteiger partial charge in [0.2, 0.25) is 0 Å². The molecule has 0 aromatic heterocycles. The number of aryl methyl sites for hydroxylation is 1. The lowest BCUT2D eigenvalue weighted by molar-refractivity contribution is 0.108. The van der Waals surface area contributed by atoms with E-state index >= 15 is 0 Å². The first-order valence-electron chi connectivity index (χ1n) is 6.31. The molecule has 0 bridgehead atoms. The normalized spacial score (nSPS) is 12.0. The van der Waals surface area contributed by atoms with E-state index in [9.17, 15) is 5.11 Å². The van der Waals surface area contributed by atoms with Crippen LogP contribution in [0.2, 0.25) is 5.02 Å². The maximum absolute atomic E-state index is 10.1. The number of benzene rings is 2. The molecule has 2 aromatic rings. The number of hydrogen-bond donors (Lipinski definition) is 1. The Balaban J connectivity index is 2.02. The summed E-state index contributed by atoms with van der Waals surface area (Å²) in [7, 11) is 1.59. The van der Waals surface area contributed by atoms with Gasteiger partial charge in [0, 0.05) is 0 Å². The Bertz CT molecular complexity index is 584. The predicted molar refractivity (Wildman–Crippen MR) is 79.6 cm³/mol. The van der Waals surface area contributed by atoms with Gasteiger partial charge < -0.3 is 14.6 Å². The highest BCUT2D eigenvalue weighted by atomic mass is 35.5. The van der Waals surface area contributed by atoms with Crippen molar-refractivity contribution in [3.8, 4) is 11.5 Å². The highest BCUT2D eigenvalue weighted by molar-refractivity contribution is 6.32. The quantitative estimate of drug-likeness (QED) is 0.912. The van der Waals surface area contributed by atoms with Gasteiger partial charge in [-0.3, -0.25) is 0 Å². The molecule has 0 aliphatic heterocycles. The molecule has 0 aliphatic carbocycles. The second-order valence-electron chi connectivity index (χ2n) is 4.54. The van der Waals surface area contributed by atoms with Gasteiger partial charge in [-0.05, 0) is 42.3 Å². The van der Waals surface area contributed by atoms with Gasteiger partial charge in [-0.1, -0.05) is 29.8 Å². The summed E-state index contributed by atoms with van der Waals surface area (Å²) >= 11 is 6.08. The largest absolute Gasteiger partial charge is 0.497 e. The van der Waals surface area contributed by atoms with E-state index in [0.717, 1.165) is 11.1 Å². The molecule has 106 valence electrons. The van der Waals surface area contributed by atoms with Gasteiger partial charge in [0.1, 0.15) is 24.2 Å². The first-order chi connectivity index (χ1) is 9.60. The summed E-state index contributed by atoms with van der Waals surface area (Å²) in [5.41, 5.74) is 1.81. The van der Waals surface area contributed by atoms with E-state index in [1.165, 1.54) is 0 Å². The van der Waals surface area contributed by atoms with E-state index in [2.05, 4.69) is 0 Å². The minimum absolute atomic E-state index is 0.135. The fourth-order valence-corrected chi connectivity index (χ4v) is 2.13. The lowest BCUT2D eigenvalue weighted by Gasteiger charge is -2.14. The first kappa shape index (κ1) is 14.7. The summed E-state index contributed by atoms with van der Waals surface area (Å²) in [5.74, 6) is 1.27. The summed E-state index contributed by atoms with van der Waals surface area (Å²) in [6, 6.07) is 12.8. The third kappa shape index (κ3) is 3.65. The third-order valence-corrected chi connectivity index (χ3v) is 3.26. The average Bonchev–Trinajstić information content (AvgIpc) is 2.46. The summed E-state index contributed by atoms with van der Waals surface area (Å²) in [6.45, 7) is 2.09. The van der Waals surface area contributed by atoms with Gasteiger partial charge in [-0.2, -0.15) is 0 Å². The molecule has 1 unspecified atom stereocenters. The third-order valence-electron chi connectivity index (χ3n) is 2.96. The van der Waals surface area contributed by atoms with E-state index in [4.69, 9.17) is 21.1 Å². The molecule has 3 nitrogen and oxygen atoms in total. The molecule has 2 aromatic carbocycles. The molecule has 4 heteroatoms. The van der Waals surface area contributed by atoms with E-state index in [-0.39, 0.29) is 6.61 Å².